The summed E-state index contributed by atoms with van der Waals surface area (Å²) in [6.07, 6.45) is 0. The Morgan fingerprint density at radius 3 is 2.70 bits per heavy atom. The van der Waals surface area contributed by atoms with Crippen molar-refractivity contribution in [2.24, 2.45) is 0 Å². The fourth-order valence-corrected chi connectivity index (χ4v) is 1.97. The number of nitrogens with zero attached hydrogens (tertiary/aromatic N) is 2. The van der Waals surface area contributed by atoms with E-state index in [2.05, 4.69) is 20.0 Å². The van der Waals surface area contributed by atoms with Crippen molar-refractivity contribution in [3.63, 3.8) is 0 Å². The Kier molecular flexibility index (Phi) is 3.89. The van der Waals surface area contributed by atoms with Gasteiger partial charge in [0.1, 0.15) is 11.6 Å². The number of aromatic nitrogens is 2. The lowest BCUT2D eigenvalue weighted by molar-refractivity contribution is 0.0697. The fraction of sp³-hybridized carbons (Fsp3) is 0.0909. The summed E-state index contributed by atoms with van der Waals surface area (Å²) in [5, 5.41) is 13.9. The molecule has 2 aromatic rings. The van der Waals surface area contributed by atoms with E-state index >= 15 is 0 Å². The molecule has 0 saturated carbocycles. The van der Waals surface area contributed by atoms with Crippen molar-refractivity contribution in [3.8, 4) is 0 Å². The summed E-state index contributed by atoms with van der Waals surface area (Å²) in [5.41, 5.74) is -0.355. The molecule has 3 N–H and O–H groups in total. The first kappa shape index (κ1) is 13.9. The van der Waals surface area contributed by atoms with E-state index in [1.165, 1.54) is 6.07 Å². The van der Waals surface area contributed by atoms with E-state index in [9.17, 15) is 14.0 Å². The SMILES string of the molecule is Cc1nsc(NC(=O)Nc2ccc(F)cc2C(=O)O)n1. The van der Waals surface area contributed by atoms with Crippen LogP contribution in [0.15, 0.2) is 18.2 Å². The van der Waals surface area contributed by atoms with Gasteiger partial charge in [0.15, 0.2) is 0 Å². The molecule has 0 radical (unpaired) electrons. The zero-order valence-corrected chi connectivity index (χ0v) is 11.0. The van der Waals surface area contributed by atoms with E-state index in [0.717, 1.165) is 23.7 Å². The van der Waals surface area contributed by atoms with E-state index < -0.39 is 17.8 Å². The maximum absolute atomic E-state index is 13.0. The van der Waals surface area contributed by atoms with Crippen molar-refractivity contribution in [1.29, 1.82) is 0 Å². The number of halogens is 1. The van der Waals surface area contributed by atoms with Crippen molar-refractivity contribution in [1.82, 2.24) is 9.36 Å². The number of rotatable bonds is 3. The quantitative estimate of drug-likeness (QED) is 0.806. The van der Waals surface area contributed by atoms with Gasteiger partial charge in [0.25, 0.3) is 0 Å². The number of hydrogen-bond donors (Lipinski definition) is 3. The minimum Gasteiger partial charge on any atom is -0.478 e. The van der Waals surface area contributed by atoms with Gasteiger partial charge in [-0.15, -0.1) is 0 Å². The Labute approximate surface area is 116 Å². The van der Waals surface area contributed by atoms with Gasteiger partial charge < -0.3 is 10.4 Å². The number of aromatic carboxylic acids is 1. The summed E-state index contributed by atoms with van der Waals surface area (Å²) < 4.78 is 16.9. The smallest absolute Gasteiger partial charge is 0.337 e. The molecule has 0 atom stereocenters. The van der Waals surface area contributed by atoms with E-state index in [4.69, 9.17) is 5.11 Å². The summed E-state index contributed by atoms with van der Waals surface area (Å²) in [6, 6.07) is 2.36. The normalized spacial score (nSPS) is 10.1. The summed E-state index contributed by atoms with van der Waals surface area (Å²) in [5.74, 6) is -1.53. The maximum Gasteiger partial charge on any atom is 0.337 e. The van der Waals surface area contributed by atoms with Crippen molar-refractivity contribution in [3.05, 3.63) is 35.4 Å². The summed E-state index contributed by atoms with van der Waals surface area (Å²) in [4.78, 5) is 26.6. The second kappa shape index (κ2) is 5.61. The Morgan fingerprint density at radius 1 is 1.35 bits per heavy atom. The number of benzene rings is 1. The topological polar surface area (TPSA) is 104 Å². The van der Waals surface area contributed by atoms with Crippen LogP contribution in [0.4, 0.5) is 20.0 Å². The molecule has 2 amide bonds. The number of carboxylic acid groups (broad SMARTS) is 1. The standard InChI is InChI=1S/C11H9FN4O3S/c1-5-13-11(20-16-5)15-10(19)14-8-3-2-6(12)4-7(8)9(17)18/h2-4H,1H3,(H,17,18)(H2,13,14,15,16,19). The van der Waals surface area contributed by atoms with Crippen LogP contribution in [0.1, 0.15) is 16.2 Å². The van der Waals surface area contributed by atoms with Crippen LogP contribution in [0.25, 0.3) is 0 Å². The molecule has 0 spiro atoms. The van der Waals surface area contributed by atoms with Crippen LogP contribution >= 0.6 is 11.5 Å². The molecule has 104 valence electrons. The van der Waals surface area contributed by atoms with Crippen LogP contribution in [0.3, 0.4) is 0 Å². The highest BCUT2D eigenvalue weighted by atomic mass is 32.1. The molecular weight excluding hydrogens is 287 g/mol. The van der Waals surface area contributed by atoms with Gasteiger partial charge in [-0.3, -0.25) is 5.32 Å². The number of hydrogen-bond acceptors (Lipinski definition) is 5. The van der Waals surface area contributed by atoms with E-state index in [-0.39, 0.29) is 16.4 Å². The molecule has 0 saturated heterocycles. The molecule has 9 heteroatoms. The Morgan fingerprint density at radius 2 is 2.10 bits per heavy atom. The lowest BCUT2D eigenvalue weighted by Crippen LogP contribution is -2.21. The van der Waals surface area contributed by atoms with E-state index in [1.807, 2.05) is 0 Å². The van der Waals surface area contributed by atoms with Gasteiger partial charge >= 0.3 is 12.0 Å². The molecule has 0 aliphatic heterocycles. The van der Waals surface area contributed by atoms with Gasteiger partial charge in [0, 0.05) is 11.5 Å². The molecule has 0 unspecified atom stereocenters. The number of nitrogens with one attached hydrogen (secondary N) is 2. The molecule has 1 heterocycles. The van der Waals surface area contributed by atoms with Crippen LogP contribution in [-0.4, -0.2) is 26.5 Å². The number of urea groups is 1. The molecule has 0 fully saturated rings. The van der Waals surface area contributed by atoms with E-state index in [1.54, 1.807) is 6.92 Å². The van der Waals surface area contributed by atoms with Gasteiger partial charge in [-0.2, -0.15) is 4.37 Å². The zero-order valence-electron chi connectivity index (χ0n) is 10.2. The van der Waals surface area contributed by atoms with Crippen LogP contribution < -0.4 is 10.6 Å². The minimum absolute atomic E-state index is 0.0161. The first-order chi connectivity index (χ1) is 9.45. The second-order valence-corrected chi connectivity index (χ2v) is 4.47. The Balaban J connectivity index is 2.13. The molecule has 1 aromatic carbocycles. The predicted molar refractivity (Wildman–Crippen MR) is 70.6 cm³/mol. The minimum atomic E-state index is -1.34. The number of aryl methyl sites for hydroxylation is 1. The number of carbonyl (C=O) groups excluding carboxylic acids is 1. The Hall–Kier alpha value is -2.55. The van der Waals surface area contributed by atoms with Gasteiger partial charge in [0.05, 0.1) is 11.3 Å². The third-order valence-corrected chi connectivity index (χ3v) is 2.93. The van der Waals surface area contributed by atoms with Crippen LogP contribution in [0.2, 0.25) is 0 Å². The van der Waals surface area contributed by atoms with Gasteiger partial charge in [-0.05, 0) is 25.1 Å². The number of carboxylic acids is 1. The fourth-order valence-electron chi connectivity index (χ4n) is 1.40. The molecular formula is C11H9FN4O3S. The Bertz CT molecular complexity index is 673. The van der Waals surface area contributed by atoms with Crippen LogP contribution in [0, 0.1) is 12.7 Å². The first-order valence-corrected chi connectivity index (χ1v) is 6.14. The highest BCUT2D eigenvalue weighted by Gasteiger charge is 2.14. The molecule has 0 aliphatic rings. The van der Waals surface area contributed by atoms with Gasteiger partial charge in [-0.1, -0.05) is 0 Å². The molecule has 1 aromatic heterocycles. The van der Waals surface area contributed by atoms with Crippen molar-refractivity contribution >= 4 is 34.4 Å². The molecule has 2 rings (SSSR count). The van der Waals surface area contributed by atoms with Gasteiger partial charge in [0.2, 0.25) is 5.13 Å². The van der Waals surface area contributed by atoms with Crippen LogP contribution in [-0.2, 0) is 0 Å². The highest BCUT2D eigenvalue weighted by Crippen LogP contribution is 2.18. The average molecular weight is 296 g/mol. The number of anilines is 2. The summed E-state index contributed by atoms with van der Waals surface area (Å²) in [7, 11) is 0. The number of amides is 2. The lowest BCUT2D eigenvalue weighted by atomic mass is 10.2. The van der Waals surface area contributed by atoms with Crippen molar-refractivity contribution in [2.45, 2.75) is 6.92 Å². The maximum atomic E-state index is 13.0. The summed E-state index contributed by atoms with van der Waals surface area (Å²) in [6.45, 7) is 1.67. The third-order valence-electron chi connectivity index (χ3n) is 2.21. The lowest BCUT2D eigenvalue weighted by Gasteiger charge is -2.08. The highest BCUT2D eigenvalue weighted by molar-refractivity contribution is 7.09. The van der Waals surface area contributed by atoms with Crippen molar-refractivity contribution < 1.29 is 19.1 Å². The average Bonchev–Trinajstić information content (AvgIpc) is 2.76. The summed E-state index contributed by atoms with van der Waals surface area (Å²) >= 11 is 0.992. The zero-order chi connectivity index (χ0) is 14.7. The van der Waals surface area contributed by atoms with Gasteiger partial charge in [-0.25, -0.2) is 19.0 Å². The molecule has 0 bridgehead atoms. The molecule has 0 aliphatic carbocycles. The van der Waals surface area contributed by atoms with E-state index in [0.29, 0.717) is 5.82 Å². The first-order valence-electron chi connectivity index (χ1n) is 5.37. The monoisotopic (exact) mass is 296 g/mol. The van der Waals surface area contributed by atoms with Crippen LogP contribution in [0.5, 0.6) is 0 Å². The largest absolute Gasteiger partial charge is 0.478 e. The predicted octanol–water partition coefficient (Wildman–Crippen LogP) is 2.33. The van der Waals surface area contributed by atoms with Crippen molar-refractivity contribution in [2.75, 3.05) is 10.6 Å². The third kappa shape index (κ3) is 3.26. The molecule has 7 nitrogen and oxygen atoms in total. The number of carbonyl (C=O) groups is 2. The molecule has 20 heavy (non-hydrogen) atoms. The second-order valence-electron chi connectivity index (χ2n) is 3.72.